The van der Waals surface area contributed by atoms with Crippen LogP contribution in [-0.2, 0) is 6.54 Å². The molecule has 0 unspecified atom stereocenters. The molecule has 0 aliphatic rings. The quantitative estimate of drug-likeness (QED) is 0.769. The van der Waals surface area contributed by atoms with Gasteiger partial charge in [0.15, 0.2) is 11.6 Å². The van der Waals surface area contributed by atoms with Gasteiger partial charge in [-0.05, 0) is 23.8 Å². The number of carbonyl (C=O) groups is 1. The first kappa shape index (κ1) is 17.8. The van der Waals surface area contributed by atoms with Gasteiger partial charge in [-0.25, -0.2) is 8.78 Å². The van der Waals surface area contributed by atoms with Gasteiger partial charge in [0, 0.05) is 13.6 Å². The third-order valence-corrected chi connectivity index (χ3v) is 4.19. The Hall–Kier alpha value is -1.56. The Labute approximate surface area is 146 Å². The zero-order chi connectivity index (χ0) is 17.3. The van der Waals surface area contributed by atoms with Crippen LogP contribution in [0, 0.1) is 11.6 Å². The highest BCUT2D eigenvalue weighted by Gasteiger charge is 2.24. The fourth-order valence-electron chi connectivity index (χ4n) is 1.96. The normalized spacial score (nSPS) is 10.7. The molecule has 0 saturated heterocycles. The van der Waals surface area contributed by atoms with Crippen molar-refractivity contribution in [1.82, 2.24) is 4.90 Å². The Bertz CT molecular complexity index is 758. The van der Waals surface area contributed by atoms with E-state index < -0.39 is 23.3 Å². The van der Waals surface area contributed by atoms with Crippen molar-refractivity contribution in [3.05, 3.63) is 62.1 Å². The third kappa shape index (κ3) is 3.68. The number of halogens is 5. The maximum Gasteiger partial charge on any atom is 0.259 e. The Morgan fingerprint density at radius 3 is 2.39 bits per heavy atom. The van der Waals surface area contributed by atoms with Gasteiger partial charge in [-0.2, -0.15) is 0 Å². The summed E-state index contributed by atoms with van der Waals surface area (Å²) in [5.74, 6) is -3.16. The molecule has 2 aromatic carbocycles. The van der Waals surface area contributed by atoms with E-state index in [9.17, 15) is 18.7 Å². The lowest BCUT2D eigenvalue weighted by Crippen LogP contribution is -2.26. The van der Waals surface area contributed by atoms with Crippen LogP contribution in [-0.4, -0.2) is 23.0 Å². The van der Waals surface area contributed by atoms with E-state index in [0.29, 0.717) is 5.56 Å². The van der Waals surface area contributed by atoms with Crippen LogP contribution in [0.15, 0.2) is 24.3 Å². The van der Waals surface area contributed by atoms with Gasteiger partial charge in [0.1, 0.15) is 11.3 Å². The van der Waals surface area contributed by atoms with Gasteiger partial charge in [0.2, 0.25) is 0 Å². The summed E-state index contributed by atoms with van der Waals surface area (Å²) in [6.07, 6.45) is 0. The van der Waals surface area contributed by atoms with Crippen LogP contribution in [0.3, 0.4) is 0 Å². The number of phenols is 1. The molecule has 2 rings (SSSR count). The Morgan fingerprint density at radius 1 is 1.13 bits per heavy atom. The van der Waals surface area contributed by atoms with Gasteiger partial charge < -0.3 is 10.0 Å². The van der Waals surface area contributed by atoms with Crippen molar-refractivity contribution in [2.45, 2.75) is 6.54 Å². The molecule has 0 heterocycles. The molecule has 0 aromatic heterocycles. The molecular formula is C15H10Cl3F2NO2. The zero-order valence-corrected chi connectivity index (χ0v) is 14.0. The fourth-order valence-corrected chi connectivity index (χ4v) is 2.64. The minimum absolute atomic E-state index is 0.0130. The predicted octanol–water partition coefficient (Wildman–Crippen LogP) is 4.90. The van der Waals surface area contributed by atoms with Crippen LogP contribution >= 0.6 is 34.8 Å². The number of rotatable bonds is 3. The van der Waals surface area contributed by atoms with Crippen molar-refractivity contribution in [1.29, 1.82) is 0 Å². The second kappa shape index (κ2) is 6.91. The largest absolute Gasteiger partial charge is 0.505 e. The Kier molecular flexibility index (Phi) is 5.34. The van der Waals surface area contributed by atoms with Crippen molar-refractivity contribution < 1.29 is 18.7 Å². The zero-order valence-electron chi connectivity index (χ0n) is 11.7. The van der Waals surface area contributed by atoms with E-state index in [2.05, 4.69) is 0 Å². The lowest BCUT2D eigenvalue weighted by molar-refractivity contribution is 0.0782. The number of phenolic OH excluding ortho intramolecular Hbond substituents is 1. The lowest BCUT2D eigenvalue weighted by Gasteiger charge is -2.19. The van der Waals surface area contributed by atoms with E-state index in [1.807, 2.05) is 0 Å². The second-order valence-corrected chi connectivity index (χ2v) is 5.98. The average molecular weight is 381 g/mol. The first-order chi connectivity index (χ1) is 10.7. The van der Waals surface area contributed by atoms with E-state index in [-0.39, 0.29) is 27.2 Å². The molecule has 0 aliphatic carbocycles. The van der Waals surface area contributed by atoms with E-state index in [4.69, 9.17) is 34.8 Å². The van der Waals surface area contributed by atoms with Crippen LogP contribution in [0.25, 0.3) is 0 Å². The van der Waals surface area contributed by atoms with Crippen LogP contribution in [0.2, 0.25) is 15.1 Å². The molecule has 3 nitrogen and oxygen atoms in total. The minimum atomic E-state index is -1.02. The molecule has 2 aromatic rings. The van der Waals surface area contributed by atoms with E-state index in [1.165, 1.54) is 24.1 Å². The van der Waals surface area contributed by atoms with Crippen molar-refractivity contribution in [2.75, 3.05) is 7.05 Å². The smallest absolute Gasteiger partial charge is 0.259 e. The molecule has 23 heavy (non-hydrogen) atoms. The monoisotopic (exact) mass is 379 g/mol. The molecule has 122 valence electrons. The summed E-state index contributed by atoms with van der Waals surface area (Å²) in [5.41, 5.74) is 0.109. The number of hydrogen-bond acceptors (Lipinski definition) is 2. The van der Waals surface area contributed by atoms with Crippen molar-refractivity contribution >= 4 is 40.7 Å². The predicted molar refractivity (Wildman–Crippen MR) is 85.3 cm³/mol. The van der Waals surface area contributed by atoms with Gasteiger partial charge in [0.05, 0.1) is 15.1 Å². The van der Waals surface area contributed by atoms with E-state index in [0.717, 1.165) is 12.1 Å². The van der Waals surface area contributed by atoms with Crippen LogP contribution in [0.1, 0.15) is 15.9 Å². The molecule has 0 radical (unpaired) electrons. The highest BCUT2D eigenvalue weighted by Crippen LogP contribution is 2.39. The number of amides is 1. The highest BCUT2D eigenvalue weighted by atomic mass is 35.5. The summed E-state index contributed by atoms with van der Waals surface area (Å²) in [4.78, 5) is 13.6. The molecule has 1 N–H and O–H groups in total. The molecular weight excluding hydrogens is 371 g/mol. The van der Waals surface area contributed by atoms with E-state index in [1.54, 1.807) is 0 Å². The van der Waals surface area contributed by atoms with Gasteiger partial charge >= 0.3 is 0 Å². The average Bonchev–Trinajstić information content (AvgIpc) is 2.49. The van der Waals surface area contributed by atoms with Crippen LogP contribution < -0.4 is 0 Å². The van der Waals surface area contributed by atoms with E-state index >= 15 is 0 Å². The number of hydrogen-bond donors (Lipinski definition) is 1. The Morgan fingerprint density at radius 2 is 1.78 bits per heavy atom. The summed E-state index contributed by atoms with van der Waals surface area (Å²) in [6, 6.07) is 4.50. The standard InChI is InChI=1S/C15H10Cl3F2NO2/c1-21(6-7-2-3-10(19)11(20)4-7)15(23)12-13(18)8(16)5-9(17)14(12)22/h2-5,22H,6H2,1H3. The first-order valence-electron chi connectivity index (χ1n) is 6.28. The molecule has 8 heteroatoms. The van der Waals surface area contributed by atoms with Crippen LogP contribution in [0.5, 0.6) is 5.75 Å². The van der Waals surface area contributed by atoms with Crippen molar-refractivity contribution in [2.24, 2.45) is 0 Å². The molecule has 0 aliphatic heterocycles. The summed E-state index contributed by atoms with van der Waals surface area (Å²) in [6.45, 7) is -0.0318. The number of benzene rings is 2. The molecule has 0 bridgehead atoms. The summed E-state index contributed by atoms with van der Waals surface area (Å²) < 4.78 is 26.1. The van der Waals surface area contributed by atoms with Gasteiger partial charge in [-0.3, -0.25) is 4.79 Å². The van der Waals surface area contributed by atoms with Crippen LogP contribution in [0.4, 0.5) is 8.78 Å². The van der Waals surface area contributed by atoms with Crippen molar-refractivity contribution in [3.63, 3.8) is 0 Å². The molecule has 1 amide bonds. The Balaban J connectivity index is 2.32. The summed E-state index contributed by atoms with van der Waals surface area (Å²) in [5, 5.41) is 9.69. The maximum atomic E-state index is 13.2. The molecule has 0 saturated carbocycles. The minimum Gasteiger partial charge on any atom is -0.505 e. The van der Waals surface area contributed by atoms with Gasteiger partial charge in [-0.15, -0.1) is 0 Å². The second-order valence-electron chi connectivity index (χ2n) is 4.79. The van der Waals surface area contributed by atoms with Gasteiger partial charge in [0.25, 0.3) is 5.91 Å². The number of aromatic hydroxyl groups is 1. The van der Waals surface area contributed by atoms with Crippen molar-refractivity contribution in [3.8, 4) is 5.75 Å². The molecule has 0 spiro atoms. The molecule has 0 atom stereocenters. The topological polar surface area (TPSA) is 40.5 Å². The lowest BCUT2D eigenvalue weighted by atomic mass is 10.1. The summed E-state index contributed by atoms with van der Waals surface area (Å²) >= 11 is 17.6. The van der Waals surface area contributed by atoms with Gasteiger partial charge in [-0.1, -0.05) is 40.9 Å². The number of carbonyl (C=O) groups excluding carboxylic acids is 1. The first-order valence-corrected chi connectivity index (χ1v) is 7.41. The maximum absolute atomic E-state index is 13.2. The third-order valence-electron chi connectivity index (χ3n) is 3.11. The highest BCUT2D eigenvalue weighted by molar-refractivity contribution is 6.45. The fraction of sp³-hybridized carbons (Fsp3) is 0.133. The number of nitrogens with zero attached hydrogens (tertiary/aromatic N) is 1. The molecule has 0 fully saturated rings. The SMILES string of the molecule is CN(Cc1ccc(F)c(F)c1)C(=O)c1c(O)c(Cl)cc(Cl)c1Cl. The summed E-state index contributed by atoms with van der Waals surface area (Å²) in [7, 11) is 1.41.